The molecule has 650 valence electrons. The Hall–Kier alpha value is -11.0. The van der Waals surface area contributed by atoms with Crippen molar-refractivity contribution in [1.82, 2.24) is 69.4 Å². The number of imidazole rings is 4. The van der Waals surface area contributed by atoms with Gasteiger partial charge in [0.1, 0.15) is 17.5 Å². The van der Waals surface area contributed by atoms with Crippen LogP contribution in [-0.2, 0) is 19.2 Å². The molecule has 30 heteroatoms. The molecule has 125 heavy (non-hydrogen) atoms. The van der Waals surface area contributed by atoms with Crippen LogP contribution < -0.4 is 32.7 Å². The molecule has 16 rings (SSSR count). The van der Waals surface area contributed by atoms with Gasteiger partial charge >= 0.3 is 0 Å². The van der Waals surface area contributed by atoms with E-state index in [-0.39, 0.29) is 83.5 Å². The number of carbonyl (C=O) groups excluding carboxylic acids is 8. The summed E-state index contributed by atoms with van der Waals surface area (Å²) < 4.78 is 9.11. The van der Waals surface area contributed by atoms with Crippen LogP contribution in [0.5, 0.6) is 0 Å². The second-order valence-corrected chi connectivity index (χ2v) is 36.8. The van der Waals surface area contributed by atoms with Crippen molar-refractivity contribution in [2.75, 3.05) is 25.0 Å². The van der Waals surface area contributed by atoms with E-state index in [1.807, 2.05) is 131 Å². The summed E-state index contributed by atoms with van der Waals surface area (Å²) in [6.45, 7) is 17.1. The highest BCUT2D eigenvalue weighted by Gasteiger charge is 2.35. The van der Waals surface area contributed by atoms with Gasteiger partial charge in [0.2, 0.25) is 11.8 Å². The van der Waals surface area contributed by atoms with Crippen LogP contribution in [0, 0.1) is 0 Å². The lowest BCUT2D eigenvalue weighted by Crippen LogP contribution is -2.39. The van der Waals surface area contributed by atoms with E-state index in [0.717, 1.165) is 197 Å². The second-order valence-electron chi connectivity index (χ2n) is 31.5. The first-order chi connectivity index (χ1) is 60.5. The van der Waals surface area contributed by atoms with Gasteiger partial charge in [0.15, 0.2) is 17.4 Å². The molecule has 8 atom stereocenters. The number of benzene rings is 4. The van der Waals surface area contributed by atoms with Gasteiger partial charge in [-0.15, -0.1) is 58.4 Å². The number of nitrogens with two attached hydrogens (primary N) is 2. The normalized spacial score (nSPS) is 18.8. The monoisotopic (exact) mass is 1790 g/mol. The number of thiophene rings is 2. The van der Waals surface area contributed by atoms with Crippen LogP contribution in [-0.4, -0.2) is 144 Å². The fourth-order valence-corrected chi connectivity index (χ4v) is 19.9. The van der Waals surface area contributed by atoms with Crippen molar-refractivity contribution in [2.24, 2.45) is 11.5 Å². The first kappa shape index (κ1) is 91.7. The van der Waals surface area contributed by atoms with Crippen molar-refractivity contribution in [2.45, 2.75) is 185 Å². The van der Waals surface area contributed by atoms with Gasteiger partial charge in [-0.3, -0.25) is 48.3 Å². The molecule has 0 spiro atoms. The van der Waals surface area contributed by atoms with E-state index in [2.05, 4.69) is 97.5 Å². The number of nitrogens with zero attached hydrogens (tertiary/aromatic N) is 10. The molecular formula is C95H106N16O8S6. The van der Waals surface area contributed by atoms with Crippen molar-refractivity contribution < 1.29 is 38.4 Å². The maximum absolute atomic E-state index is 12.6. The Kier molecular flexibility index (Phi) is 31.4. The SMILES string of the molecule is C/C=C(\SC)C(=O)NC1CCCC(n2c(-c3cccs3)nc3cc(C(=O)CC)ccc32)C1.C=C(SC)C(=O)NC1CCCC(n2c(-c3cccnc3)nc3cc(C(N)=O)ccc32)C1.C=C(SC)C(=O)NC1CCCC(n2c(-c3ccncc3)nc3cc(C(N)=O)ccc32)C1.C=C(SC)C(=O)NC1CCCC(n2c(-c3ccsc3)nc3cc(C(=O)CC)ccc32)C1. The highest BCUT2D eigenvalue weighted by molar-refractivity contribution is 8.04. The minimum absolute atomic E-state index is 0.0161. The number of allylic oxidation sites excluding steroid dienone is 1. The van der Waals surface area contributed by atoms with E-state index < -0.39 is 11.8 Å². The average molecular weight is 1790 g/mol. The number of thioether (sulfide) groups is 4. The summed E-state index contributed by atoms with van der Waals surface area (Å²) in [5.74, 6) is 2.55. The lowest BCUT2D eigenvalue weighted by Gasteiger charge is -2.32. The van der Waals surface area contributed by atoms with Gasteiger partial charge in [-0.05, 0) is 255 Å². The molecule has 4 aromatic carbocycles. The minimum atomic E-state index is -0.478. The number of primary amides is 2. The average Bonchev–Trinajstić information content (AvgIpc) is 1.63. The Morgan fingerprint density at radius 3 is 1.17 bits per heavy atom. The van der Waals surface area contributed by atoms with Gasteiger partial charge in [-0.25, -0.2) is 19.9 Å². The molecule has 0 radical (unpaired) electrons. The summed E-state index contributed by atoms with van der Waals surface area (Å²) in [5.41, 5.74) is 23.3. The van der Waals surface area contributed by atoms with Crippen LogP contribution in [0.25, 0.3) is 89.0 Å². The molecule has 4 aliphatic carbocycles. The summed E-state index contributed by atoms with van der Waals surface area (Å²) in [7, 11) is 0. The predicted molar refractivity (Wildman–Crippen MR) is 511 cm³/mol. The first-order valence-electron chi connectivity index (χ1n) is 42.3. The van der Waals surface area contributed by atoms with E-state index in [9.17, 15) is 38.4 Å². The number of nitrogens with one attached hydrogen (secondary N) is 4. The predicted octanol–water partition coefficient (Wildman–Crippen LogP) is 19.4. The Labute approximate surface area is 753 Å². The summed E-state index contributed by atoms with van der Waals surface area (Å²) >= 11 is 8.90. The minimum Gasteiger partial charge on any atom is -0.366 e. The van der Waals surface area contributed by atoms with E-state index >= 15 is 0 Å². The number of aromatic nitrogens is 10. The van der Waals surface area contributed by atoms with Gasteiger partial charge < -0.3 is 51.0 Å². The zero-order valence-electron chi connectivity index (χ0n) is 71.4. The zero-order valence-corrected chi connectivity index (χ0v) is 76.3. The second kappa shape index (κ2) is 42.8. The topological polar surface area (TPSA) is 334 Å². The van der Waals surface area contributed by atoms with Crippen LogP contribution in [0.2, 0.25) is 0 Å². The molecule has 4 aliphatic rings. The summed E-state index contributed by atoms with van der Waals surface area (Å²) in [6, 6.07) is 37.6. The van der Waals surface area contributed by atoms with Crippen molar-refractivity contribution in [3.05, 3.63) is 224 Å². The van der Waals surface area contributed by atoms with E-state index in [0.29, 0.717) is 49.8 Å². The van der Waals surface area contributed by atoms with Crippen LogP contribution in [0.3, 0.4) is 0 Å². The van der Waals surface area contributed by atoms with Gasteiger partial charge in [-0.1, -0.05) is 45.7 Å². The lowest BCUT2D eigenvalue weighted by molar-refractivity contribution is -0.118. The van der Waals surface area contributed by atoms with E-state index in [1.54, 1.807) is 71.7 Å². The third-order valence-corrected chi connectivity index (χ3v) is 28.0. The third kappa shape index (κ3) is 21.7. The van der Waals surface area contributed by atoms with E-state index in [1.165, 1.54) is 47.0 Å². The van der Waals surface area contributed by atoms with E-state index in [4.69, 9.17) is 31.4 Å². The molecule has 12 aromatic rings. The third-order valence-electron chi connectivity index (χ3n) is 23.6. The summed E-state index contributed by atoms with van der Waals surface area (Å²) in [4.78, 5) is 129. The van der Waals surface area contributed by atoms with Crippen LogP contribution in [0.15, 0.2) is 202 Å². The fourth-order valence-electron chi connectivity index (χ4n) is 17.3. The smallest absolute Gasteiger partial charge is 0.257 e. The van der Waals surface area contributed by atoms with Crippen LogP contribution >= 0.6 is 69.7 Å². The zero-order chi connectivity index (χ0) is 88.5. The summed E-state index contributed by atoms with van der Waals surface area (Å²) in [6.07, 6.45) is 32.6. The number of carbonyl (C=O) groups is 8. The van der Waals surface area contributed by atoms with Gasteiger partial charge in [0.25, 0.3) is 23.6 Å². The Bertz CT molecular complexity index is 5820. The number of rotatable bonds is 26. The fraction of sp³-hybridized carbons (Fsp3) is 0.347. The molecule has 24 nitrogen and oxygen atoms in total. The number of fused-ring (bicyclic) bond motifs is 4. The van der Waals surface area contributed by atoms with Gasteiger partial charge in [0, 0.05) is 130 Å². The number of hydrogen-bond acceptors (Lipinski definition) is 20. The maximum atomic E-state index is 12.6. The molecule has 8 aromatic heterocycles. The summed E-state index contributed by atoms with van der Waals surface area (Å²) in [5, 5.41) is 18.9. The molecule has 4 fully saturated rings. The number of amides is 6. The lowest BCUT2D eigenvalue weighted by atomic mass is 9.90. The van der Waals surface area contributed by atoms with Crippen molar-refractivity contribution in [3.63, 3.8) is 0 Å². The Morgan fingerprint density at radius 1 is 0.432 bits per heavy atom. The molecule has 8 N–H and O–H groups in total. The van der Waals surface area contributed by atoms with Crippen molar-refractivity contribution >= 4 is 161 Å². The Morgan fingerprint density at radius 2 is 0.816 bits per heavy atom. The van der Waals surface area contributed by atoms with Gasteiger partial charge in [0.05, 0.1) is 68.6 Å². The molecule has 6 amide bonds. The quantitative estimate of drug-likeness (QED) is 0.0217. The van der Waals surface area contributed by atoms with Crippen LogP contribution in [0.4, 0.5) is 0 Å². The first-order valence-corrected chi connectivity index (χ1v) is 49.0. The van der Waals surface area contributed by atoms with Crippen molar-refractivity contribution in [3.8, 4) is 44.9 Å². The maximum Gasteiger partial charge on any atom is 0.257 e. The molecule has 0 aliphatic heterocycles. The molecule has 0 saturated heterocycles. The number of Topliss-reactive ketones (excluding diaryl/α,β-unsaturated/α-hetero) is 2. The standard InChI is InChI=1S/C25H29N3O2S2.C24H27N3O2S2.2C23H25N5O2S/c1-4-21(29)16-11-12-20-19(14-16)27-24(23-10-7-13-32-23)28(20)18-9-6-8-17(15-18)26-25(30)22(5-2)31-3;1-4-22(28)16-8-9-21-20(12-16)26-23(17-10-11-31-14-17)27(21)19-7-5-6-18(13-19)25-24(29)15(2)30-3;1-14(31-2)23(30)26-17-6-3-7-18(12-17)28-20-9-8-15(21(24)29)11-19(20)27-22(28)16-5-4-10-25-13-16;1-14(31-2)23(30)26-17-4-3-5-18(13-17)28-20-7-6-16(21(24)29)12-19(20)27-22(28)15-8-10-25-11-9-15/h5,7,10-14,17-18H,4,6,8-9,15H2,1-3H3,(H,26,30);8-12,14,18-19H,2,4-7,13H2,1,3H3,(H,25,29);4-5,8-11,13,17-18H,1,3,6-7,12H2,2H3,(H2,24,29)(H,26,30);6-12,17-18H,1,3-5,13H2,2H3,(H2,24,29)(H,26,30)/b22-5-;;;. The Balaban J connectivity index is 0.000000143. The highest BCUT2D eigenvalue weighted by Crippen LogP contribution is 2.43. The van der Waals surface area contributed by atoms with Crippen molar-refractivity contribution in [1.29, 1.82) is 0 Å². The number of pyridine rings is 2. The molecular weight excluding hydrogens is 1690 g/mol. The van der Waals surface area contributed by atoms with Crippen LogP contribution in [0.1, 0.15) is 202 Å². The number of hydrogen-bond donors (Lipinski definition) is 6. The molecule has 4 saturated carbocycles. The molecule has 8 unspecified atom stereocenters. The largest absolute Gasteiger partial charge is 0.366 e. The highest BCUT2D eigenvalue weighted by atomic mass is 32.2. The molecule has 8 heterocycles. The van der Waals surface area contributed by atoms with Gasteiger partial charge in [-0.2, -0.15) is 11.3 Å². The number of ketones is 2. The molecule has 0 bridgehead atoms.